The predicted octanol–water partition coefficient (Wildman–Crippen LogP) is 6.15. The van der Waals surface area contributed by atoms with E-state index >= 15 is 0 Å². The van der Waals surface area contributed by atoms with Gasteiger partial charge in [-0.25, -0.2) is 0 Å². The third-order valence-electron chi connectivity index (χ3n) is 5.56. The van der Waals surface area contributed by atoms with E-state index in [1.807, 2.05) is 79.4 Å². The van der Waals surface area contributed by atoms with E-state index < -0.39 is 16.1 Å². The molecule has 1 N–H and O–H groups in total. The van der Waals surface area contributed by atoms with Crippen LogP contribution in [0.1, 0.15) is 19.4 Å². The monoisotopic (exact) mass is 532 g/mol. The van der Waals surface area contributed by atoms with Crippen LogP contribution in [-0.4, -0.2) is 37.0 Å². The van der Waals surface area contributed by atoms with Gasteiger partial charge in [0.15, 0.2) is 11.3 Å². The summed E-state index contributed by atoms with van der Waals surface area (Å²) in [6.07, 6.45) is 3.46. The maximum absolute atomic E-state index is 13.6. The van der Waals surface area contributed by atoms with E-state index in [-0.39, 0.29) is 11.8 Å². The summed E-state index contributed by atoms with van der Waals surface area (Å²) in [6, 6.07) is 19.2. The lowest BCUT2D eigenvalue weighted by atomic mass is 10.0. The quantitative estimate of drug-likeness (QED) is 0.248. The molecule has 9 heteroatoms. The number of pyridine rings is 1. The number of alkyl halides is 3. The fraction of sp³-hybridized carbons (Fsp3) is 0.240. The van der Waals surface area contributed by atoms with Crippen LogP contribution in [0.5, 0.6) is 0 Å². The van der Waals surface area contributed by atoms with Gasteiger partial charge < -0.3 is 5.32 Å². The summed E-state index contributed by atoms with van der Waals surface area (Å²) in [7, 11) is 0. The normalized spacial score (nSPS) is 19.2. The zero-order valence-corrected chi connectivity index (χ0v) is 21.6. The number of para-hydroxylation sites is 1. The van der Waals surface area contributed by atoms with Gasteiger partial charge in [0.25, 0.3) is 0 Å². The molecule has 1 aliphatic heterocycles. The standard InChI is InChI=1S/C25H23Cl3N4OS/c1-16(2)22-31(19-12-6-10-18-11-7-15-29-21(18)19)24(34)30-23(25(26,27)28)32(22)20(33)14-13-17-8-4-3-5-9-17/h3-16,22-23H,1-2H3,(H,30,34)/b14-13+. The number of hydrogen-bond acceptors (Lipinski definition) is 3. The van der Waals surface area contributed by atoms with E-state index in [0.29, 0.717) is 5.11 Å². The van der Waals surface area contributed by atoms with Crippen molar-refractivity contribution in [2.45, 2.75) is 30.0 Å². The average Bonchev–Trinajstić information content (AvgIpc) is 2.81. The molecule has 2 unspecified atom stereocenters. The number of aromatic nitrogens is 1. The average molecular weight is 534 g/mol. The zero-order chi connectivity index (χ0) is 24.5. The van der Waals surface area contributed by atoms with E-state index in [1.54, 1.807) is 17.2 Å². The number of rotatable bonds is 4. The molecule has 176 valence electrons. The third kappa shape index (κ3) is 5.01. The summed E-state index contributed by atoms with van der Waals surface area (Å²) in [5.74, 6) is -0.380. The number of thiocarbonyl (C=S) groups is 1. The fourth-order valence-corrected chi connectivity index (χ4v) is 4.92. The Morgan fingerprint density at radius 1 is 1.09 bits per heavy atom. The molecule has 5 nitrogen and oxygen atoms in total. The first kappa shape index (κ1) is 24.7. The molecule has 2 atom stereocenters. The molecule has 1 aliphatic rings. The summed E-state index contributed by atoms with van der Waals surface area (Å²) in [6.45, 7) is 4.00. The number of fused-ring (bicyclic) bond motifs is 1. The molecule has 0 aliphatic carbocycles. The number of carbonyl (C=O) groups excluding carboxylic acids is 1. The van der Waals surface area contributed by atoms with E-state index in [0.717, 1.165) is 22.2 Å². The van der Waals surface area contributed by atoms with Crippen LogP contribution in [0.2, 0.25) is 0 Å². The van der Waals surface area contributed by atoms with Gasteiger partial charge in [-0.3, -0.25) is 19.6 Å². The van der Waals surface area contributed by atoms with Crippen molar-refractivity contribution in [1.82, 2.24) is 15.2 Å². The highest BCUT2D eigenvalue weighted by Crippen LogP contribution is 2.39. The van der Waals surface area contributed by atoms with Gasteiger partial charge in [-0.15, -0.1) is 0 Å². The van der Waals surface area contributed by atoms with E-state index in [2.05, 4.69) is 10.3 Å². The van der Waals surface area contributed by atoms with Gasteiger partial charge in [0.2, 0.25) is 9.70 Å². The van der Waals surface area contributed by atoms with Crippen LogP contribution in [0.15, 0.2) is 72.9 Å². The van der Waals surface area contributed by atoms with Crippen LogP contribution >= 0.6 is 47.0 Å². The molecule has 0 saturated carbocycles. The van der Waals surface area contributed by atoms with Crippen molar-refractivity contribution >= 4 is 80.7 Å². The van der Waals surface area contributed by atoms with Crippen LogP contribution in [-0.2, 0) is 4.79 Å². The van der Waals surface area contributed by atoms with E-state index in [1.165, 1.54) is 6.08 Å². The number of carbonyl (C=O) groups is 1. The summed E-state index contributed by atoms with van der Waals surface area (Å²) >= 11 is 24.8. The second-order valence-electron chi connectivity index (χ2n) is 8.26. The molecule has 0 radical (unpaired) electrons. The lowest BCUT2D eigenvalue weighted by molar-refractivity contribution is -0.132. The Hall–Kier alpha value is -2.38. The minimum Gasteiger partial charge on any atom is -0.338 e. The molecular formula is C25H23Cl3N4OS. The van der Waals surface area contributed by atoms with Gasteiger partial charge in [-0.2, -0.15) is 0 Å². The summed E-state index contributed by atoms with van der Waals surface area (Å²) in [4.78, 5) is 21.6. The SMILES string of the molecule is CC(C)C1N(c2cccc3cccnc23)C(=S)NC(C(Cl)(Cl)Cl)N1C(=O)/C=C/c1ccccc1. The second kappa shape index (κ2) is 10.1. The van der Waals surface area contributed by atoms with Gasteiger partial charge in [0.05, 0.1) is 11.2 Å². The zero-order valence-electron chi connectivity index (χ0n) is 18.5. The molecule has 0 spiro atoms. The van der Waals surface area contributed by atoms with Crippen LogP contribution in [0, 0.1) is 5.92 Å². The van der Waals surface area contributed by atoms with Crippen molar-refractivity contribution in [3.05, 3.63) is 78.5 Å². The predicted molar refractivity (Wildman–Crippen MR) is 145 cm³/mol. The molecule has 2 aromatic carbocycles. The van der Waals surface area contributed by atoms with Crippen molar-refractivity contribution in [1.29, 1.82) is 0 Å². The molecule has 1 amide bonds. The Kier molecular flexibility index (Phi) is 7.33. The maximum Gasteiger partial charge on any atom is 0.250 e. The summed E-state index contributed by atoms with van der Waals surface area (Å²) in [5, 5.41) is 4.39. The Labute approximate surface area is 219 Å². The Bertz CT molecular complexity index is 1220. The molecule has 34 heavy (non-hydrogen) atoms. The Morgan fingerprint density at radius 3 is 2.47 bits per heavy atom. The minimum atomic E-state index is -1.82. The number of nitrogens with one attached hydrogen (secondary N) is 1. The molecule has 1 saturated heterocycles. The topological polar surface area (TPSA) is 48.5 Å². The fourth-order valence-electron chi connectivity index (χ4n) is 4.12. The van der Waals surface area contributed by atoms with Crippen LogP contribution in [0.25, 0.3) is 17.0 Å². The highest BCUT2D eigenvalue weighted by atomic mass is 35.6. The highest BCUT2D eigenvalue weighted by molar-refractivity contribution is 7.80. The number of anilines is 1. The molecule has 3 aromatic rings. The third-order valence-corrected chi connectivity index (χ3v) is 6.49. The number of benzene rings is 2. The lowest BCUT2D eigenvalue weighted by Gasteiger charge is -2.52. The van der Waals surface area contributed by atoms with Gasteiger partial charge >= 0.3 is 0 Å². The minimum absolute atomic E-state index is 0.0667. The molecular weight excluding hydrogens is 511 g/mol. The first-order valence-electron chi connectivity index (χ1n) is 10.7. The molecule has 0 bridgehead atoms. The van der Waals surface area contributed by atoms with Crippen molar-refractivity contribution in [3.8, 4) is 0 Å². The van der Waals surface area contributed by atoms with Gasteiger partial charge in [-0.1, -0.05) is 97.2 Å². The number of nitrogens with zero attached hydrogens (tertiary/aromatic N) is 3. The van der Waals surface area contributed by atoms with Gasteiger partial charge in [0.1, 0.15) is 6.17 Å². The molecule has 1 aromatic heterocycles. The van der Waals surface area contributed by atoms with Gasteiger partial charge in [0, 0.05) is 17.7 Å². The van der Waals surface area contributed by atoms with Crippen molar-refractivity contribution in [2.24, 2.45) is 5.92 Å². The van der Waals surface area contributed by atoms with Crippen LogP contribution in [0.4, 0.5) is 5.69 Å². The first-order chi connectivity index (χ1) is 16.2. The number of hydrogen-bond donors (Lipinski definition) is 1. The smallest absolute Gasteiger partial charge is 0.250 e. The maximum atomic E-state index is 13.6. The summed E-state index contributed by atoms with van der Waals surface area (Å²) in [5.41, 5.74) is 2.42. The van der Waals surface area contributed by atoms with Crippen molar-refractivity contribution in [2.75, 3.05) is 4.90 Å². The van der Waals surface area contributed by atoms with Crippen LogP contribution < -0.4 is 10.2 Å². The highest BCUT2D eigenvalue weighted by Gasteiger charge is 2.50. The molecule has 1 fully saturated rings. The lowest BCUT2D eigenvalue weighted by Crippen LogP contribution is -2.73. The molecule has 2 heterocycles. The van der Waals surface area contributed by atoms with Crippen molar-refractivity contribution in [3.63, 3.8) is 0 Å². The van der Waals surface area contributed by atoms with Gasteiger partial charge in [-0.05, 0) is 41.9 Å². The second-order valence-corrected chi connectivity index (χ2v) is 11.0. The first-order valence-corrected chi connectivity index (χ1v) is 12.3. The Morgan fingerprint density at radius 2 is 1.79 bits per heavy atom. The van der Waals surface area contributed by atoms with E-state index in [9.17, 15) is 4.79 Å². The number of amides is 1. The summed E-state index contributed by atoms with van der Waals surface area (Å²) < 4.78 is -1.82. The Balaban J connectivity index is 1.82. The molecule has 4 rings (SSSR count). The number of halogens is 3. The largest absolute Gasteiger partial charge is 0.338 e. The van der Waals surface area contributed by atoms with Crippen molar-refractivity contribution < 1.29 is 4.79 Å². The van der Waals surface area contributed by atoms with E-state index in [4.69, 9.17) is 47.0 Å². The van der Waals surface area contributed by atoms with Crippen LogP contribution in [0.3, 0.4) is 0 Å².